The van der Waals surface area contributed by atoms with Crippen LogP contribution < -0.4 is 0 Å². The van der Waals surface area contributed by atoms with Gasteiger partial charge in [-0.15, -0.1) is 0 Å². The zero-order valence-electron chi connectivity index (χ0n) is 13.3. The van der Waals surface area contributed by atoms with Gasteiger partial charge < -0.3 is 4.74 Å². The molecular weight excluding hydrogens is 264 g/mol. The molecule has 0 N–H and O–H groups in total. The van der Waals surface area contributed by atoms with Crippen LogP contribution in [0.1, 0.15) is 55.1 Å². The molecule has 0 aliphatic heterocycles. The van der Waals surface area contributed by atoms with Crippen LogP contribution in [0.4, 0.5) is 0 Å². The lowest BCUT2D eigenvalue weighted by Gasteiger charge is -2.34. The smallest absolute Gasteiger partial charge is 0.339 e. The van der Waals surface area contributed by atoms with Crippen molar-refractivity contribution in [1.29, 1.82) is 0 Å². The average Bonchev–Trinajstić information content (AvgIpc) is 2.55. The molecule has 1 aliphatic carbocycles. The van der Waals surface area contributed by atoms with E-state index >= 15 is 0 Å². The van der Waals surface area contributed by atoms with E-state index in [2.05, 4.69) is 28.6 Å². The number of nitrogens with zero attached hydrogens (tertiary/aromatic N) is 2. The molecule has 4 nitrogen and oxygen atoms in total. The number of hydrogen-bond donors (Lipinski definition) is 0. The molecule has 0 spiro atoms. The second kappa shape index (κ2) is 7.55. The molecular formula is C17H26N2O2. The van der Waals surface area contributed by atoms with Gasteiger partial charge in [0.15, 0.2) is 0 Å². The van der Waals surface area contributed by atoms with E-state index < -0.39 is 0 Å². The minimum absolute atomic E-state index is 0.333. The van der Waals surface area contributed by atoms with Crippen LogP contribution in [0.2, 0.25) is 0 Å². The molecule has 1 aromatic heterocycles. The minimum Gasteiger partial charge on any atom is -0.465 e. The molecule has 1 saturated carbocycles. The molecule has 1 aromatic rings. The summed E-state index contributed by atoms with van der Waals surface area (Å²) < 4.78 is 4.68. The molecule has 0 unspecified atom stereocenters. The summed E-state index contributed by atoms with van der Waals surface area (Å²) in [6, 6.07) is 4.37. The number of hydrogen-bond acceptors (Lipinski definition) is 4. The van der Waals surface area contributed by atoms with Gasteiger partial charge in [-0.1, -0.05) is 13.3 Å². The van der Waals surface area contributed by atoms with Crippen molar-refractivity contribution in [3.05, 3.63) is 29.6 Å². The van der Waals surface area contributed by atoms with Crippen LogP contribution in [0.3, 0.4) is 0 Å². The summed E-state index contributed by atoms with van der Waals surface area (Å²) >= 11 is 0. The Morgan fingerprint density at radius 3 is 2.57 bits per heavy atom. The maximum atomic E-state index is 11.4. The van der Waals surface area contributed by atoms with Crippen molar-refractivity contribution >= 4 is 5.97 Å². The van der Waals surface area contributed by atoms with E-state index in [0.717, 1.165) is 18.2 Å². The van der Waals surface area contributed by atoms with Crippen LogP contribution in [0, 0.1) is 5.92 Å². The maximum absolute atomic E-state index is 11.4. The van der Waals surface area contributed by atoms with Gasteiger partial charge >= 0.3 is 5.97 Å². The Bertz CT molecular complexity index is 450. The Kier molecular flexibility index (Phi) is 5.74. The van der Waals surface area contributed by atoms with Crippen LogP contribution >= 0.6 is 0 Å². The average molecular weight is 290 g/mol. The van der Waals surface area contributed by atoms with Gasteiger partial charge in [0.25, 0.3) is 0 Å². The normalized spacial score (nSPS) is 22.3. The van der Waals surface area contributed by atoms with E-state index in [9.17, 15) is 4.79 Å². The molecule has 0 atom stereocenters. The fourth-order valence-electron chi connectivity index (χ4n) is 3.14. The molecule has 116 valence electrons. The Hall–Kier alpha value is -1.42. The van der Waals surface area contributed by atoms with E-state index in [1.54, 1.807) is 12.3 Å². The number of rotatable bonds is 5. The molecule has 4 heteroatoms. The van der Waals surface area contributed by atoms with Gasteiger partial charge in [-0.25, -0.2) is 4.79 Å². The molecule has 21 heavy (non-hydrogen) atoms. The van der Waals surface area contributed by atoms with Gasteiger partial charge in [0.2, 0.25) is 0 Å². The molecule has 2 rings (SSSR count). The first-order valence-corrected chi connectivity index (χ1v) is 7.87. The zero-order valence-corrected chi connectivity index (χ0v) is 13.3. The molecule has 1 fully saturated rings. The molecule has 0 bridgehead atoms. The van der Waals surface area contributed by atoms with E-state index in [4.69, 9.17) is 0 Å². The van der Waals surface area contributed by atoms with Crippen molar-refractivity contribution in [2.24, 2.45) is 5.92 Å². The van der Waals surface area contributed by atoms with Crippen LogP contribution in [0.5, 0.6) is 0 Å². The van der Waals surface area contributed by atoms with Gasteiger partial charge in [-0.2, -0.15) is 0 Å². The Morgan fingerprint density at radius 1 is 1.33 bits per heavy atom. The van der Waals surface area contributed by atoms with Gasteiger partial charge in [-0.3, -0.25) is 9.88 Å². The highest BCUT2D eigenvalue weighted by molar-refractivity contribution is 5.88. The summed E-state index contributed by atoms with van der Waals surface area (Å²) in [5.74, 6) is 0.590. The number of carbonyl (C=O) groups is 1. The first kappa shape index (κ1) is 16.0. The van der Waals surface area contributed by atoms with E-state index in [0.29, 0.717) is 11.6 Å². The van der Waals surface area contributed by atoms with Crippen LogP contribution in [0.15, 0.2) is 18.3 Å². The van der Waals surface area contributed by atoms with E-state index in [1.807, 2.05) is 6.07 Å². The zero-order chi connectivity index (χ0) is 15.2. The second-order valence-corrected chi connectivity index (χ2v) is 6.03. The molecule has 1 heterocycles. The molecule has 0 amide bonds. The number of pyridine rings is 1. The number of carbonyl (C=O) groups excluding carboxylic acids is 1. The van der Waals surface area contributed by atoms with Gasteiger partial charge in [0, 0.05) is 18.8 Å². The Balaban J connectivity index is 1.88. The van der Waals surface area contributed by atoms with Gasteiger partial charge in [0.1, 0.15) is 0 Å². The highest BCUT2D eigenvalue weighted by Gasteiger charge is 2.23. The summed E-state index contributed by atoms with van der Waals surface area (Å²) in [5.41, 5.74) is 1.51. The van der Waals surface area contributed by atoms with Crippen molar-refractivity contribution in [3.63, 3.8) is 0 Å². The van der Waals surface area contributed by atoms with Gasteiger partial charge in [0.05, 0.1) is 18.4 Å². The third-order valence-electron chi connectivity index (χ3n) is 4.67. The van der Waals surface area contributed by atoms with E-state index in [1.165, 1.54) is 39.2 Å². The molecule has 1 aliphatic rings. The lowest BCUT2D eigenvalue weighted by atomic mass is 9.84. The van der Waals surface area contributed by atoms with Crippen LogP contribution in [-0.4, -0.2) is 36.1 Å². The number of aromatic nitrogens is 1. The Morgan fingerprint density at radius 2 is 2.05 bits per heavy atom. The summed E-state index contributed by atoms with van der Waals surface area (Å²) in [7, 11) is 3.56. The predicted molar refractivity (Wildman–Crippen MR) is 83.1 cm³/mol. The van der Waals surface area contributed by atoms with E-state index in [-0.39, 0.29) is 5.97 Å². The summed E-state index contributed by atoms with van der Waals surface area (Å²) in [6.07, 6.45) is 8.18. The number of esters is 1. The third-order valence-corrected chi connectivity index (χ3v) is 4.67. The van der Waals surface area contributed by atoms with Crippen molar-refractivity contribution in [2.75, 3.05) is 14.2 Å². The summed E-state index contributed by atoms with van der Waals surface area (Å²) in [5, 5.41) is 0. The third kappa shape index (κ3) is 4.27. The van der Waals surface area contributed by atoms with Crippen molar-refractivity contribution in [3.8, 4) is 0 Å². The largest absolute Gasteiger partial charge is 0.465 e. The molecule has 0 radical (unpaired) electrons. The summed E-state index contributed by atoms with van der Waals surface area (Å²) in [4.78, 5) is 18.1. The lowest BCUT2D eigenvalue weighted by molar-refractivity contribution is 0.0600. The molecule has 0 aromatic carbocycles. The SMILES string of the molecule is CCC1CCC(N(C)Cc2ccc(C(=O)OC)cn2)CC1. The van der Waals surface area contributed by atoms with Crippen molar-refractivity contribution < 1.29 is 9.53 Å². The van der Waals surface area contributed by atoms with Gasteiger partial charge in [-0.05, 0) is 50.8 Å². The fraction of sp³-hybridized carbons (Fsp3) is 0.647. The molecule has 0 saturated heterocycles. The minimum atomic E-state index is -0.333. The number of ether oxygens (including phenoxy) is 1. The quantitative estimate of drug-likeness (QED) is 0.781. The second-order valence-electron chi connectivity index (χ2n) is 6.03. The highest BCUT2D eigenvalue weighted by atomic mass is 16.5. The predicted octanol–water partition coefficient (Wildman–Crippen LogP) is 3.27. The van der Waals surface area contributed by atoms with Crippen molar-refractivity contribution in [1.82, 2.24) is 9.88 Å². The summed E-state index contributed by atoms with van der Waals surface area (Å²) in [6.45, 7) is 3.13. The standard InChI is InChI=1S/C17H26N2O2/c1-4-13-5-9-16(10-6-13)19(2)12-15-8-7-14(11-18-15)17(20)21-3/h7-8,11,13,16H,4-6,9-10,12H2,1-3H3. The van der Waals surface area contributed by atoms with Crippen molar-refractivity contribution in [2.45, 2.75) is 51.6 Å². The Labute approximate surface area is 127 Å². The maximum Gasteiger partial charge on any atom is 0.339 e. The number of methoxy groups -OCH3 is 1. The first-order valence-electron chi connectivity index (χ1n) is 7.87. The van der Waals surface area contributed by atoms with Crippen LogP contribution in [0.25, 0.3) is 0 Å². The highest BCUT2D eigenvalue weighted by Crippen LogP contribution is 2.29. The lowest BCUT2D eigenvalue weighted by Crippen LogP contribution is -2.34. The fourth-order valence-corrected chi connectivity index (χ4v) is 3.14. The first-order chi connectivity index (χ1) is 10.1. The topological polar surface area (TPSA) is 42.4 Å². The van der Waals surface area contributed by atoms with Crippen LogP contribution in [-0.2, 0) is 11.3 Å². The monoisotopic (exact) mass is 290 g/mol.